The lowest BCUT2D eigenvalue weighted by atomic mass is 9.89. The summed E-state index contributed by atoms with van der Waals surface area (Å²) in [7, 11) is 0. The van der Waals surface area contributed by atoms with Gasteiger partial charge in [-0.05, 0) is 32.4 Å². The lowest BCUT2D eigenvalue weighted by Gasteiger charge is -2.52. The van der Waals surface area contributed by atoms with Gasteiger partial charge in [0.1, 0.15) is 16.8 Å². The van der Waals surface area contributed by atoms with Crippen LogP contribution in [0, 0.1) is 0 Å². The molecule has 0 bridgehead atoms. The molecule has 2 aliphatic heterocycles. The van der Waals surface area contributed by atoms with Gasteiger partial charge in [-0.2, -0.15) is 4.98 Å². The van der Waals surface area contributed by atoms with Crippen molar-refractivity contribution in [3.8, 4) is 0 Å². The van der Waals surface area contributed by atoms with Gasteiger partial charge in [-0.25, -0.2) is 9.78 Å². The first kappa shape index (κ1) is 15.9. The molecule has 1 amide bonds. The summed E-state index contributed by atoms with van der Waals surface area (Å²) in [4.78, 5) is 36.0. The van der Waals surface area contributed by atoms with Crippen molar-refractivity contribution in [3.63, 3.8) is 0 Å². The fourth-order valence-corrected chi connectivity index (χ4v) is 3.10. The van der Waals surface area contributed by atoms with Crippen LogP contribution in [0.25, 0.3) is 0 Å². The number of carboxylic acids is 1. The second-order valence-corrected chi connectivity index (χ2v) is 6.67. The van der Waals surface area contributed by atoms with Crippen molar-refractivity contribution in [1.82, 2.24) is 9.97 Å². The highest BCUT2D eigenvalue weighted by Gasteiger charge is 2.55. The number of carbonyl (C=O) groups is 2. The Morgan fingerprint density at radius 2 is 2.22 bits per heavy atom. The summed E-state index contributed by atoms with van der Waals surface area (Å²) < 4.78 is 5.47. The van der Waals surface area contributed by atoms with Crippen LogP contribution < -0.4 is 9.80 Å². The molecule has 1 aromatic rings. The van der Waals surface area contributed by atoms with E-state index in [1.165, 1.54) is 24.9 Å². The van der Waals surface area contributed by atoms with E-state index in [1.807, 2.05) is 4.90 Å². The fraction of sp³-hybridized carbons (Fsp3) is 0.571. The SMILES string of the molecule is CC(C)(C(=O)O)N1C(=O)C2(C)COCCN2c2nc(Cl)ncc21. The van der Waals surface area contributed by atoms with Crippen LogP contribution >= 0.6 is 11.6 Å². The maximum absolute atomic E-state index is 13.1. The number of aliphatic carboxylic acids is 1. The van der Waals surface area contributed by atoms with Gasteiger partial charge < -0.3 is 14.7 Å². The van der Waals surface area contributed by atoms with Crippen molar-refractivity contribution in [2.45, 2.75) is 31.8 Å². The molecule has 9 heteroatoms. The van der Waals surface area contributed by atoms with E-state index in [-0.39, 0.29) is 17.8 Å². The van der Waals surface area contributed by atoms with E-state index in [4.69, 9.17) is 16.3 Å². The zero-order chi connectivity index (χ0) is 17.0. The average Bonchev–Trinajstić information content (AvgIpc) is 2.48. The summed E-state index contributed by atoms with van der Waals surface area (Å²) in [6.07, 6.45) is 1.39. The largest absolute Gasteiger partial charge is 0.480 e. The molecule has 3 rings (SSSR count). The highest BCUT2D eigenvalue weighted by Crippen LogP contribution is 2.43. The number of fused-ring (bicyclic) bond motifs is 3. The summed E-state index contributed by atoms with van der Waals surface area (Å²) in [5, 5.41) is 9.61. The van der Waals surface area contributed by atoms with Crippen molar-refractivity contribution in [2.24, 2.45) is 0 Å². The number of hydrogen-bond acceptors (Lipinski definition) is 6. The molecule has 0 aromatic carbocycles. The predicted molar refractivity (Wildman–Crippen MR) is 82.8 cm³/mol. The highest BCUT2D eigenvalue weighted by atomic mass is 35.5. The van der Waals surface area contributed by atoms with E-state index in [0.717, 1.165) is 0 Å². The van der Waals surface area contributed by atoms with Gasteiger partial charge in [-0.15, -0.1) is 0 Å². The molecular formula is C14H17ClN4O4. The molecule has 1 aromatic heterocycles. The van der Waals surface area contributed by atoms with Crippen LogP contribution in [0.3, 0.4) is 0 Å². The topological polar surface area (TPSA) is 95.9 Å². The molecule has 8 nitrogen and oxygen atoms in total. The molecule has 0 aliphatic carbocycles. The van der Waals surface area contributed by atoms with Gasteiger partial charge >= 0.3 is 5.97 Å². The van der Waals surface area contributed by atoms with Crippen LogP contribution in [0.1, 0.15) is 20.8 Å². The molecule has 124 valence electrons. The lowest BCUT2D eigenvalue weighted by Crippen LogP contribution is -2.71. The summed E-state index contributed by atoms with van der Waals surface area (Å²) >= 11 is 5.91. The average molecular weight is 341 g/mol. The fourth-order valence-electron chi connectivity index (χ4n) is 2.97. The minimum absolute atomic E-state index is 0.0417. The van der Waals surface area contributed by atoms with Gasteiger partial charge in [0.2, 0.25) is 5.28 Å². The Kier molecular flexibility index (Phi) is 3.49. The van der Waals surface area contributed by atoms with Crippen LogP contribution in [0.2, 0.25) is 5.28 Å². The molecule has 1 N–H and O–H groups in total. The third kappa shape index (κ3) is 2.16. The maximum Gasteiger partial charge on any atom is 0.329 e. The molecular weight excluding hydrogens is 324 g/mol. The van der Waals surface area contributed by atoms with Crippen molar-refractivity contribution in [1.29, 1.82) is 0 Å². The number of amides is 1. The standard InChI is InChI=1S/C14H17ClN4O4/c1-13(2,11(21)22)19-8-6-16-12(15)17-9(8)18-4-5-23-7-14(18,3)10(19)20/h6H,4-5,7H2,1-3H3,(H,21,22). The molecule has 0 radical (unpaired) electrons. The van der Waals surface area contributed by atoms with Crippen molar-refractivity contribution < 1.29 is 19.4 Å². The van der Waals surface area contributed by atoms with Crippen LogP contribution in [0.5, 0.6) is 0 Å². The first-order chi connectivity index (χ1) is 10.7. The summed E-state index contributed by atoms with van der Waals surface area (Å²) in [5.41, 5.74) is -2.16. The third-order valence-corrected chi connectivity index (χ3v) is 4.58. The summed E-state index contributed by atoms with van der Waals surface area (Å²) in [5.74, 6) is -1.03. The normalized spacial score (nSPS) is 24.3. The van der Waals surface area contributed by atoms with E-state index in [2.05, 4.69) is 9.97 Å². The van der Waals surface area contributed by atoms with E-state index in [1.54, 1.807) is 6.92 Å². The predicted octanol–water partition coefficient (Wildman–Crippen LogP) is 0.935. The Balaban J connectivity index is 2.25. The summed E-state index contributed by atoms with van der Waals surface area (Å²) in [6.45, 7) is 5.72. The smallest absolute Gasteiger partial charge is 0.329 e. The minimum atomic E-state index is -1.46. The Hall–Kier alpha value is -1.93. The molecule has 1 atom stereocenters. The van der Waals surface area contributed by atoms with Crippen LogP contribution in [-0.4, -0.2) is 57.8 Å². The number of ether oxygens (including phenoxy) is 1. The number of nitrogens with zero attached hydrogens (tertiary/aromatic N) is 4. The number of aromatic nitrogens is 2. The van der Waals surface area contributed by atoms with E-state index in [9.17, 15) is 14.7 Å². The molecule has 1 unspecified atom stereocenters. The van der Waals surface area contributed by atoms with Gasteiger partial charge in [-0.1, -0.05) is 0 Å². The number of carbonyl (C=O) groups excluding carboxylic acids is 1. The number of hydrogen-bond donors (Lipinski definition) is 1. The van der Waals surface area contributed by atoms with Crippen molar-refractivity contribution >= 4 is 35.0 Å². The molecule has 1 saturated heterocycles. The van der Waals surface area contributed by atoms with Gasteiger partial charge in [0, 0.05) is 6.54 Å². The van der Waals surface area contributed by atoms with Crippen molar-refractivity contribution in [2.75, 3.05) is 29.6 Å². The second kappa shape index (κ2) is 5.04. The monoisotopic (exact) mass is 340 g/mol. The molecule has 23 heavy (non-hydrogen) atoms. The number of halogens is 1. The zero-order valence-electron chi connectivity index (χ0n) is 13.0. The summed E-state index contributed by atoms with van der Waals surface area (Å²) in [6, 6.07) is 0. The Labute approximate surface area is 138 Å². The molecule has 3 heterocycles. The number of carboxylic acid groups (broad SMARTS) is 1. The van der Waals surface area contributed by atoms with E-state index in [0.29, 0.717) is 24.7 Å². The molecule has 2 aliphatic rings. The molecule has 1 fully saturated rings. The Morgan fingerprint density at radius 3 is 2.87 bits per heavy atom. The number of rotatable bonds is 2. The van der Waals surface area contributed by atoms with Gasteiger partial charge in [0.05, 0.1) is 19.4 Å². The zero-order valence-corrected chi connectivity index (χ0v) is 13.8. The quantitative estimate of drug-likeness (QED) is 0.800. The maximum atomic E-state index is 13.1. The number of morpholine rings is 1. The molecule has 0 saturated carbocycles. The highest BCUT2D eigenvalue weighted by molar-refractivity contribution is 6.28. The van der Waals surface area contributed by atoms with Gasteiger partial charge in [0.25, 0.3) is 5.91 Å². The van der Waals surface area contributed by atoms with Crippen LogP contribution in [-0.2, 0) is 14.3 Å². The first-order valence-corrected chi connectivity index (χ1v) is 7.53. The third-order valence-electron chi connectivity index (χ3n) is 4.40. The van der Waals surface area contributed by atoms with E-state index >= 15 is 0 Å². The minimum Gasteiger partial charge on any atom is -0.480 e. The number of anilines is 2. The Bertz CT molecular complexity index is 695. The van der Waals surface area contributed by atoms with Gasteiger partial charge in [0.15, 0.2) is 5.82 Å². The van der Waals surface area contributed by atoms with Gasteiger partial charge in [-0.3, -0.25) is 9.69 Å². The van der Waals surface area contributed by atoms with Crippen LogP contribution in [0.15, 0.2) is 6.20 Å². The second-order valence-electron chi connectivity index (χ2n) is 6.33. The van der Waals surface area contributed by atoms with Crippen molar-refractivity contribution in [3.05, 3.63) is 11.5 Å². The molecule has 0 spiro atoms. The Morgan fingerprint density at radius 1 is 1.52 bits per heavy atom. The van der Waals surface area contributed by atoms with E-state index < -0.39 is 17.0 Å². The first-order valence-electron chi connectivity index (χ1n) is 7.15. The van der Waals surface area contributed by atoms with Crippen LogP contribution in [0.4, 0.5) is 11.5 Å². The lowest BCUT2D eigenvalue weighted by molar-refractivity contribution is -0.145.